The number of halogens is 6. The molecule has 0 N–H and O–H groups in total. The van der Waals surface area contributed by atoms with Gasteiger partial charge in [-0.2, -0.15) is 8.78 Å². The van der Waals surface area contributed by atoms with E-state index >= 15 is 4.39 Å². The lowest BCUT2D eigenvalue weighted by atomic mass is 9.79. The molecule has 220 valence electrons. The van der Waals surface area contributed by atoms with Gasteiger partial charge < -0.3 is 4.74 Å². The van der Waals surface area contributed by atoms with Gasteiger partial charge in [-0.05, 0) is 86.3 Å². The fraction of sp³-hybridized carbons (Fsp3) is 0.412. The summed E-state index contributed by atoms with van der Waals surface area (Å²) < 4.78 is 93.5. The molecule has 0 heterocycles. The number of ether oxygens (including phenoxy) is 1. The van der Waals surface area contributed by atoms with Crippen LogP contribution in [-0.4, -0.2) is 6.11 Å². The van der Waals surface area contributed by atoms with Crippen LogP contribution in [-0.2, 0) is 6.42 Å². The first-order valence-corrected chi connectivity index (χ1v) is 14.3. The summed E-state index contributed by atoms with van der Waals surface area (Å²) in [6, 6.07) is 12.2. The third-order valence-corrected chi connectivity index (χ3v) is 8.00. The van der Waals surface area contributed by atoms with Gasteiger partial charge in [0.05, 0.1) is 11.5 Å². The van der Waals surface area contributed by atoms with E-state index in [1.165, 1.54) is 48.5 Å². The predicted molar refractivity (Wildman–Crippen MR) is 151 cm³/mol. The molecule has 3 aromatic rings. The molecule has 0 aromatic heterocycles. The summed E-state index contributed by atoms with van der Waals surface area (Å²) in [6.45, 7) is 3.98. The minimum atomic E-state index is -3.35. The smallest absolute Gasteiger partial charge is 0.400 e. The molecule has 3 aromatic carbocycles. The third kappa shape index (κ3) is 7.35. The highest BCUT2D eigenvalue weighted by Gasteiger charge is 2.43. The van der Waals surface area contributed by atoms with Gasteiger partial charge >= 0.3 is 6.11 Å². The van der Waals surface area contributed by atoms with E-state index in [0.29, 0.717) is 30.7 Å². The monoisotopic (exact) mass is 574 g/mol. The number of rotatable bonds is 11. The zero-order chi connectivity index (χ0) is 29.6. The molecule has 0 unspecified atom stereocenters. The Labute approximate surface area is 238 Å². The Morgan fingerprint density at radius 3 is 2.17 bits per heavy atom. The molecule has 1 aliphatic rings. The van der Waals surface area contributed by atoms with Gasteiger partial charge in [0.1, 0.15) is 17.4 Å². The Bertz CT molecular complexity index is 1320. The van der Waals surface area contributed by atoms with Crippen molar-refractivity contribution >= 4 is 0 Å². The zero-order valence-corrected chi connectivity index (χ0v) is 23.4. The number of alkyl halides is 4. The number of allylic oxidation sites excluding steroid dienone is 2. The third-order valence-electron chi connectivity index (χ3n) is 8.00. The maximum atomic E-state index is 15.5. The number of hydrogen-bond donors (Lipinski definition) is 0. The van der Waals surface area contributed by atoms with Gasteiger partial charge in [-0.25, -0.2) is 17.6 Å². The van der Waals surface area contributed by atoms with Crippen LogP contribution in [0.3, 0.4) is 0 Å². The van der Waals surface area contributed by atoms with Crippen LogP contribution in [0.25, 0.3) is 22.3 Å². The van der Waals surface area contributed by atoms with Crippen molar-refractivity contribution in [3.05, 3.63) is 89.5 Å². The molecule has 7 heteroatoms. The lowest BCUT2D eigenvalue weighted by Crippen LogP contribution is -2.37. The van der Waals surface area contributed by atoms with Gasteiger partial charge in [0.25, 0.3) is 6.43 Å². The molecule has 1 saturated carbocycles. The van der Waals surface area contributed by atoms with Crippen molar-refractivity contribution in [2.75, 3.05) is 0 Å². The predicted octanol–water partition coefficient (Wildman–Crippen LogP) is 11.3. The minimum absolute atomic E-state index is 0.0956. The average molecular weight is 575 g/mol. The summed E-state index contributed by atoms with van der Waals surface area (Å²) in [4.78, 5) is 0. The lowest BCUT2D eigenvalue weighted by molar-refractivity contribution is -0.223. The van der Waals surface area contributed by atoms with E-state index in [1.54, 1.807) is 6.07 Å². The van der Waals surface area contributed by atoms with E-state index < -0.39 is 35.6 Å². The van der Waals surface area contributed by atoms with E-state index in [1.807, 2.05) is 19.1 Å². The maximum Gasteiger partial charge on any atom is 0.400 e. The second-order valence-corrected chi connectivity index (χ2v) is 10.8. The van der Waals surface area contributed by atoms with Crippen LogP contribution < -0.4 is 4.74 Å². The summed E-state index contributed by atoms with van der Waals surface area (Å²) in [5.41, 5.74) is -0.428. The molecular formula is C34H36F6O. The van der Waals surface area contributed by atoms with Crippen molar-refractivity contribution in [1.82, 2.24) is 0 Å². The highest BCUT2D eigenvalue weighted by atomic mass is 19.3. The van der Waals surface area contributed by atoms with Crippen LogP contribution in [0, 0.1) is 23.5 Å². The van der Waals surface area contributed by atoms with Crippen molar-refractivity contribution in [2.45, 2.75) is 77.7 Å². The second kappa shape index (κ2) is 13.6. The van der Waals surface area contributed by atoms with Gasteiger partial charge in [-0.15, -0.1) is 0 Å². The Kier molecular flexibility index (Phi) is 10.2. The number of benzene rings is 3. The van der Waals surface area contributed by atoms with E-state index in [4.69, 9.17) is 4.74 Å². The fourth-order valence-electron chi connectivity index (χ4n) is 5.75. The largest absolute Gasteiger partial charge is 0.432 e. The highest BCUT2D eigenvalue weighted by molar-refractivity contribution is 5.75. The normalized spacial score (nSPS) is 17.9. The molecule has 1 nitrogen and oxygen atoms in total. The molecule has 1 fully saturated rings. The van der Waals surface area contributed by atoms with Gasteiger partial charge in [-0.1, -0.05) is 68.3 Å². The molecule has 0 bridgehead atoms. The van der Waals surface area contributed by atoms with Gasteiger partial charge in [0.15, 0.2) is 0 Å². The molecule has 0 atom stereocenters. The lowest BCUT2D eigenvalue weighted by Gasteiger charge is -2.33. The summed E-state index contributed by atoms with van der Waals surface area (Å²) in [5.74, 6) is -2.42. The summed E-state index contributed by atoms with van der Waals surface area (Å²) in [6.07, 6.45) is 2.97. The molecule has 0 amide bonds. The first-order valence-electron chi connectivity index (χ1n) is 14.3. The van der Waals surface area contributed by atoms with E-state index in [9.17, 15) is 22.0 Å². The van der Waals surface area contributed by atoms with E-state index in [0.717, 1.165) is 32.1 Å². The molecule has 4 rings (SSSR count). The minimum Gasteiger partial charge on any atom is -0.432 e. The molecule has 1 aliphatic carbocycles. The van der Waals surface area contributed by atoms with Crippen LogP contribution >= 0.6 is 0 Å². The van der Waals surface area contributed by atoms with Crippen LogP contribution in [0.1, 0.15) is 76.3 Å². The van der Waals surface area contributed by atoms with Gasteiger partial charge in [0, 0.05) is 11.1 Å². The first-order chi connectivity index (χ1) is 19.6. The fourth-order valence-corrected chi connectivity index (χ4v) is 5.75. The standard InChI is InChI=1S/C34H36F6O/c1-3-5-6-8-23-11-18-28(30(35)21-23)29-20-19-27(31(32(29)36)33(37)38)24-12-16-26(17-13-24)41-34(39,40)25-14-9-22(7-4-2)10-15-25/h3,5,11-13,16-22,25,33H,4,6-10,14-15H2,1-2H3. The van der Waals surface area contributed by atoms with Gasteiger partial charge in [-0.3, -0.25) is 0 Å². The van der Waals surface area contributed by atoms with Crippen molar-refractivity contribution in [1.29, 1.82) is 0 Å². The second-order valence-electron chi connectivity index (χ2n) is 10.8. The van der Waals surface area contributed by atoms with Crippen LogP contribution in [0.4, 0.5) is 26.3 Å². The molecule has 0 saturated heterocycles. The van der Waals surface area contributed by atoms with E-state index in [2.05, 4.69) is 6.92 Å². The van der Waals surface area contributed by atoms with Crippen molar-refractivity contribution in [2.24, 2.45) is 11.8 Å². The molecule has 41 heavy (non-hydrogen) atoms. The number of aryl methyl sites for hydroxylation is 1. The SMILES string of the molecule is CC=CCCc1ccc(-c2ccc(-c3ccc(OC(F)(F)C4CCC(CCC)CC4)cc3)c(C(F)F)c2F)c(F)c1. The summed E-state index contributed by atoms with van der Waals surface area (Å²) in [5, 5.41) is 0. The summed E-state index contributed by atoms with van der Waals surface area (Å²) in [7, 11) is 0. The van der Waals surface area contributed by atoms with Crippen LogP contribution in [0.15, 0.2) is 66.7 Å². The van der Waals surface area contributed by atoms with E-state index in [-0.39, 0.29) is 28.0 Å². The van der Waals surface area contributed by atoms with Crippen molar-refractivity contribution in [3.8, 4) is 28.0 Å². The quantitative estimate of drug-likeness (QED) is 0.163. The average Bonchev–Trinajstić information content (AvgIpc) is 2.94. The first kappa shape index (κ1) is 30.7. The highest BCUT2D eigenvalue weighted by Crippen LogP contribution is 2.42. The van der Waals surface area contributed by atoms with Crippen molar-refractivity contribution < 1.29 is 31.1 Å². The Morgan fingerprint density at radius 1 is 0.902 bits per heavy atom. The maximum absolute atomic E-state index is 15.5. The topological polar surface area (TPSA) is 9.23 Å². The van der Waals surface area contributed by atoms with Crippen molar-refractivity contribution in [3.63, 3.8) is 0 Å². The molecule has 0 spiro atoms. The zero-order valence-electron chi connectivity index (χ0n) is 23.4. The van der Waals surface area contributed by atoms with Gasteiger partial charge in [0.2, 0.25) is 0 Å². The van der Waals surface area contributed by atoms with Crippen LogP contribution in [0.5, 0.6) is 5.75 Å². The molecular weight excluding hydrogens is 538 g/mol. The Hall–Kier alpha value is -3.22. The Balaban J connectivity index is 1.54. The summed E-state index contributed by atoms with van der Waals surface area (Å²) >= 11 is 0. The van der Waals surface area contributed by atoms with Crippen LogP contribution in [0.2, 0.25) is 0 Å². The number of hydrogen-bond acceptors (Lipinski definition) is 1. The Morgan fingerprint density at radius 2 is 1.56 bits per heavy atom. The molecule has 0 aliphatic heterocycles. The molecule has 0 radical (unpaired) electrons.